The lowest BCUT2D eigenvalue weighted by atomic mass is 10.2. The summed E-state index contributed by atoms with van der Waals surface area (Å²) in [4.78, 5) is 29.4. The number of halogens is 3. The molecule has 0 aliphatic heterocycles. The van der Waals surface area contributed by atoms with Gasteiger partial charge < -0.3 is 15.2 Å². The fourth-order valence-electron chi connectivity index (χ4n) is 3.59. The van der Waals surface area contributed by atoms with Gasteiger partial charge in [0.2, 0.25) is 11.8 Å². The van der Waals surface area contributed by atoms with Crippen molar-refractivity contribution in [2.24, 2.45) is 7.05 Å². The third-order valence-corrected chi connectivity index (χ3v) is 9.20. The van der Waals surface area contributed by atoms with Gasteiger partial charge in [0.25, 0.3) is 0 Å². The van der Waals surface area contributed by atoms with Crippen molar-refractivity contribution in [2.75, 3.05) is 22.1 Å². The molecule has 0 atom stereocenters. The number of nitrogens with zero attached hydrogens (tertiary/aromatic N) is 4. The van der Waals surface area contributed by atoms with E-state index in [-0.39, 0.29) is 29.0 Å². The average Bonchev–Trinajstić information content (AvgIpc) is 3.50. The van der Waals surface area contributed by atoms with Crippen LogP contribution in [0, 0.1) is 5.82 Å². The number of thioether (sulfide) groups is 2. The van der Waals surface area contributed by atoms with E-state index in [0.29, 0.717) is 36.6 Å². The molecule has 0 radical (unpaired) electrons. The van der Waals surface area contributed by atoms with Gasteiger partial charge in [0.15, 0.2) is 15.3 Å². The number of rotatable bonds is 9. The number of amides is 2. The number of anilines is 2. The maximum Gasteiger partial charge on any atom is 0.234 e. The zero-order valence-electron chi connectivity index (χ0n) is 20.7. The summed E-state index contributed by atoms with van der Waals surface area (Å²) in [6.45, 7) is 0. The van der Waals surface area contributed by atoms with Gasteiger partial charge in [0.1, 0.15) is 5.82 Å². The maximum absolute atomic E-state index is 13.7. The summed E-state index contributed by atoms with van der Waals surface area (Å²) in [5, 5.41) is 15.4. The molecule has 40 heavy (non-hydrogen) atoms. The molecule has 2 aromatic heterocycles. The normalized spacial score (nSPS) is 11.1. The molecule has 3 aromatic carbocycles. The van der Waals surface area contributed by atoms with Gasteiger partial charge in [-0.15, -0.1) is 21.5 Å². The first-order valence-corrected chi connectivity index (χ1v) is 15.2. The number of thiazole rings is 1. The Morgan fingerprint density at radius 2 is 1.75 bits per heavy atom. The Bertz CT molecular complexity index is 1730. The number of hydrogen-bond donors (Lipinski definition) is 2. The summed E-state index contributed by atoms with van der Waals surface area (Å²) in [6.07, 6.45) is 0. The molecule has 0 bridgehead atoms. The lowest BCUT2D eigenvalue weighted by molar-refractivity contribution is -0.114. The number of carbonyl (C=O) groups is 2. The van der Waals surface area contributed by atoms with E-state index in [4.69, 9.17) is 23.2 Å². The van der Waals surface area contributed by atoms with E-state index in [1.165, 1.54) is 47.0 Å². The predicted octanol–water partition coefficient (Wildman–Crippen LogP) is 7.00. The van der Waals surface area contributed by atoms with E-state index >= 15 is 0 Å². The summed E-state index contributed by atoms with van der Waals surface area (Å²) < 4.78 is 17.1. The molecule has 2 N–H and O–H groups in total. The van der Waals surface area contributed by atoms with Crippen molar-refractivity contribution in [1.29, 1.82) is 0 Å². The molecule has 5 aromatic rings. The van der Waals surface area contributed by atoms with E-state index in [1.807, 2.05) is 12.1 Å². The highest BCUT2D eigenvalue weighted by atomic mass is 35.5. The Morgan fingerprint density at radius 1 is 0.975 bits per heavy atom. The first kappa shape index (κ1) is 28.4. The monoisotopic (exact) mass is 632 g/mol. The number of fused-ring (bicyclic) bond motifs is 1. The predicted molar refractivity (Wildman–Crippen MR) is 161 cm³/mol. The topological polar surface area (TPSA) is 102 Å². The van der Waals surface area contributed by atoms with Gasteiger partial charge in [-0.1, -0.05) is 58.9 Å². The molecule has 0 spiro atoms. The van der Waals surface area contributed by atoms with E-state index in [1.54, 1.807) is 48.0 Å². The minimum atomic E-state index is -0.488. The molecule has 0 aliphatic carbocycles. The number of aromatic nitrogens is 4. The summed E-state index contributed by atoms with van der Waals surface area (Å²) in [7, 11) is 1.80. The summed E-state index contributed by atoms with van der Waals surface area (Å²) >= 11 is 16.2. The van der Waals surface area contributed by atoms with Gasteiger partial charge in [-0.2, -0.15) is 0 Å². The minimum absolute atomic E-state index is 0.0863. The SMILES string of the molecule is Cn1c(SCC(=O)Nc2ccc3nc(SCC(=O)Nc4ccccc4F)sc3c2)nnc1-c1ccc(Cl)cc1Cl. The van der Waals surface area contributed by atoms with Crippen LogP contribution in [0.25, 0.3) is 21.6 Å². The largest absolute Gasteiger partial charge is 0.325 e. The molecular weight excluding hydrogens is 614 g/mol. The fourth-order valence-corrected chi connectivity index (χ4v) is 6.70. The van der Waals surface area contributed by atoms with Crippen molar-refractivity contribution >= 4 is 91.5 Å². The van der Waals surface area contributed by atoms with Crippen LogP contribution in [0.15, 0.2) is 70.2 Å². The Kier molecular flexibility index (Phi) is 8.91. The molecule has 0 unspecified atom stereocenters. The van der Waals surface area contributed by atoms with Crippen molar-refractivity contribution < 1.29 is 14.0 Å². The Labute approximate surface area is 250 Å². The highest BCUT2D eigenvalue weighted by Crippen LogP contribution is 2.32. The number of hydrogen-bond acceptors (Lipinski definition) is 8. The van der Waals surface area contributed by atoms with E-state index in [0.717, 1.165) is 10.2 Å². The quantitative estimate of drug-likeness (QED) is 0.169. The molecule has 204 valence electrons. The molecule has 8 nitrogen and oxygen atoms in total. The van der Waals surface area contributed by atoms with Crippen molar-refractivity contribution in [3.8, 4) is 11.4 Å². The van der Waals surface area contributed by atoms with Gasteiger partial charge in [0, 0.05) is 23.3 Å². The zero-order valence-corrected chi connectivity index (χ0v) is 24.6. The first-order valence-electron chi connectivity index (χ1n) is 11.6. The number of carbonyl (C=O) groups excluding carboxylic acids is 2. The molecule has 5 rings (SSSR count). The van der Waals surface area contributed by atoms with E-state index < -0.39 is 5.82 Å². The number of benzene rings is 3. The minimum Gasteiger partial charge on any atom is -0.325 e. The maximum atomic E-state index is 13.7. The lowest BCUT2D eigenvalue weighted by Crippen LogP contribution is -2.14. The van der Waals surface area contributed by atoms with Gasteiger partial charge >= 0.3 is 0 Å². The zero-order chi connectivity index (χ0) is 28.2. The van der Waals surface area contributed by atoms with Crippen molar-refractivity contribution in [3.63, 3.8) is 0 Å². The first-order chi connectivity index (χ1) is 19.3. The van der Waals surface area contributed by atoms with Gasteiger partial charge in [-0.3, -0.25) is 9.59 Å². The molecule has 2 heterocycles. The molecular formula is C26H19Cl2FN6O2S3. The molecule has 0 saturated carbocycles. The second-order valence-corrected chi connectivity index (χ2v) is 12.3. The Morgan fingerprint density at radius 3 is 2.55 bits per heavy atom. The second kappa shape index (κ2) is 12.6. The molecule has 2 amide bonds. The van der Waals surface area contributed by atoms with Crippen LogP contribution in [0.2, 0.25) is 10.0 Å². The Hall–Kier alpha value is -3.16. The number of para-hydroxylation sites is 1. The van der Waals surface area contributed by atoms with Crippen LogP contribution in [-0.4, -0.2) is 43.1 Å². The summed E-state index contributed by atoms with van der Waals surface area (Å²) in [5.74, 6) is -0.243. The van der Waals surface area contributed by atoms with Crippen LogP contribution in [-0.2, 0) is 16.6 Å². The summed E-state index contributed by atoms with van der Waals surface area (Å²) in [5.41, 5.74) is 2.21. The third kappa shape index (κ3) is 6.76. The molecule has 14 heteroatoms. The van der Waals surface area contributed by atoms with Crippen molar-refractivity contribution in [2.45, 2.75) is 9.50 Å². The average molecular weight is 634 g/mol. The highest BCUT2D eigenvalue weighted by molar-refractivity contribution is 8.01. The molecule has 0 aliphatic rings. The molecule has 0 fully saturated rings. The van der Waals surface area contributed by atoms with Gasteiger partial charge in [0.05, 0.1) is 32.4 Å². The number of nitrogens with one attached hydrogen (secondary N) is 2. The lowest BCUT2D eigenvalue weighted by Gasteiger charge is -2.07. The van der Waals surface area contributed by atoms with Crippen molar-refractivity contribution in [3.05, 3.63) is 76.5 Å². The van der Waals surface area contributed by atoms with Crippen LogP contribution in [0.4, 0.5) is 15.8 Å². The highest BCUT2D eigenvalue weighted by Gasteiger charge is 2.16. The van der Waals surface area contributed by atoms with E-state index in [2.05, 4.69) is 25.8 Å². The van der Waals surface area contributed by atoms with Gasteiger partial charge in [-0.05, 0) is 48.5 Å². The van der Waals surface area contributed by atoms with Crippen LogP contribution in [0.3, 0.4) is 0 Å². The third-order valence-electron chi connectivity index (χ3n) is 5.47. The van der Waals surface area contributed by atoms with Crippen LogP contribution >= 0.6 is 58.1 Å². The van der Waals surface area contributed by atoms with Crippen molar-refractivity contribution in [1.82, 2.24) is 19.7 Å². The van der Waals surface area contributed by atoms with Crippen LogP contribution in [0.1, 0.15) is 0 Å². The smallest absolute Gasteiger partial charge is 0.234 e. The van der Waals surface area contributed by atoms with Crippen LogP contribution in [0.5, 0.6) is 0 Å². The van der Waals surface area contributed by atoms with Gasteiger partial charge in [-0.25, -0.2) is 9.37 Å². The fraction of sp³-hybridized carbons (Fsp3) is 0.115. The molecule has 0 saturated heterocycles. The standard InChI is InChI=1S/C26H19Cl2FN6O2S3/c1-35-24(16-8-6-14(27)10-17(16)28)33-34-25(35)38-12-22(36)30-15-7-9-20-21(11-15)40-26(32-20)39-13-23(37)31-19-5-3-2-4-18(19)29/h2-11H,12-13H2,1H3,(H,30,36)(H,31,37). The second-order valence-electron chi connectivity index (χ2n) is 8.31. The van der Waals surface area contributed by atoms with E-state index in [9.17, 15) is 14.0 Å². The summed E-state index contributed by atoms with van der Waals surface area (Å²) in [6, 6.07) is 16.6. The Balaban J connectivity index is 1.16. The van der Waals surface area contributed by atoms with Crippen LogP contribution < -0.4 is 10.6 Å².